The fourth-order valence-corrected chi connectivity index (χ4v) is 6.86. The Bertz CT molecular complexity index is 1380. The predicted molar refractivity (Wildman–Crippen MR) is 149 cm³/mol. The Balaban J connectivity index is 1.33. The van der Waals surface area contributed by atoms with Crippen molar-refractivity contribution in [2.45, 2.75) is 45.4 Å². The van der Waals surface area contributed by atoms with E-state index in [4.69, 9.17) is 0 Å². The van der Waals surface area contributed by atoms with Crippen LogP contribution in [0, 0.1) is 31.6 Å². The minimum absolute atomic E-state index is 0.321. The summed E-state index contributed by atoms with van der Waals surface area (Å²) >= 11 is 0. The molecule has 3 nitrogen and oxygen atoms in total. The van der Waals surface area contributed by atoms with E-state index in [1.165, 1.54) is 41.5 Å². The van der Waals surface area contributed by atoms with Crippen LogP contribution >= 0.6 is 0 Å². The molecule has 6 rings (SSSR count). The largest absolute Gasteiger partial charge is 0.508 e. The van der Waals surface area contributed by atoms with Gasteiger partial charge in [0.15, 0.2) is 0 Å². The van der Waals surface area contributed by atoms with Gasteiger partial charge in [-0.15, -0.1) is 0 Å². The highest BCUT2D eigenvalue weighted by Crippen LogP contribution is 2.57. The zero-order chi connectivity index (χ0) is 25.7. The van der Waals surface area contributed by atoms with Crippen LogP contribution in [-0.2, 0) is 6.42 Å². The van der Waals surface area contributed by atoms with E-state index in [-0.39, 0.29) is 0 Å². The normalized spacial score (nSPS) is 22.4. The molecule has 2 bridgehead atoms. The van der Waals surface area contributed by atoms with Gasteiger partial charge in [-0.2, -0.15) is 0 Å². The molecule has 188 valence electrons. The highest BCUT2D eigenvalue weighted by Gasteiger charge is 2.46. The van der Waals surface area contributed by atoms with Crippen LogP contribution < -0.4 is 0 Å². The average molecular weight is 491 g/mol. The van der Waals surface area contributed by atoms with Crippen LogP contribution in [0.5, 0.6) is 17.2 Å². The molecule has 2 aliphatic carbocycles. The lowest BCUT2D eigenvalue weighted by Gasteiger charge is -2.29. The Kier molecular flexibility index (Phi) is 5.95. The van der Waals surface area contributed by atoms with E-state index in [2.05, 4.69) is 42.5 Å². The SMILES string of the molecule is Cc1cc(-c2cc(-c3ccc(O)c(C)c3)cc(C3CC4CC3CC4Cc3ccc(O)cc3)c2)ccc1O. The van der Waals surface area contributed by atoms with Gasteiger partial charge in [0.05, 0.1) is 0 Å². The first-order chi connectivity index (χ1) is 17.8. The minimum Gasteiger partial charge on any atom is -0.508 e. The van der Waals surface area contributed by atoms with E-state index in [1.807, 2.05) is 26.0 Å². The summed E-state index contributed by atoms with van der Waals surface area (Å²) in [5.41, 5.74) is 9.05. The zero-order valence-electron chi connectivity index (χ0n) is 21.5. The number of rotatable bonds is 5. The van der Waals surface area contributed by atoms with Gasteiger partial charge in [0.2, 0.25) is 0 Å². The minimum atomic E-state index is 0.321. The van der Waals surface area contributed by atoms with Crippen molar-refractivity contribution < 1.29 is 15.3 Å². The molecule has 0 saturated heterocycles. The van der Waals surface area contributed by atoms with Gasteiger partial charge in [0.25, 0.3) is 0 Å². The van der Waals surface area contributed by atoms with Crippen molar-refractivity contribution in [3.05, 3.63) is 101 Å². The van der Waals surface area contributed by atoms with Gasteiger partial charge in [0, 0.05) is 0 Å². The number of benzene rings is 4. The van der Waals surface area contributed by atoms with Crippen LogP contribution in [0.1, 0.15) is 47.4 Å². The Morgan fingerprint density at radius 2 is 1.19 bits per heavy atom. The number of phenolic OH excluding ortho intramolecular Hbond substituents is 3. The first kappa shape index (κ1) is 23.7. The number of aryl methyl sites for hydroxylation is 2. The van der Waals surface area contributed by atoms with Crippen LogP contribution in [-0.4, -0.2) is 15.3 Å². The highest BCUT2D eigenvalue weighted by atomic mass is 16.3. The first-order valence-electron chi connectivity index (χ1n) is 13.4. The summed E-state index contributed by atoms with van der Waals surface area (Å²) in [6.07, 6.45) is 4.87. The van der Waals surface area contributed by atoms with E-state index in [1.54, 1.807) is 24.3 Å². The van der Waals surface area contributed by atoms with Crippen molar-refractivity contribution in [1.82, 2.24) is 0 Å². The molecule has 2 aliphatic rings. The molecular formula is C34H34O3. The number of fused-ring (bicyclic) bond motifs is 2. The third-order valence-electron chi connectivity index (χ3n) is 8.88. The third kappa shape index (κ3) is 4.59. The van der Waals surface area contributed by atoms with Gasteiger partial charge in [-0.25, -0.2) is 0 Å². The summed E-state index contributed by atoms with van der Waals surface area (Å²) in [7, 11) is 0. The number of hydrogen-bond acceptors (Lipinski definition) is 3. The van der Waals surface area contributed by atoms with Crippen LogP contribution in [0.3, 0.4) is 0 Å². The van der Waals surface area contributed by atoms with Gasteiger partial charge >= 0.3 is 0 Å². The lowest BCUT2D eigenvalue weighted by atomic mass is 9.76. The smallest absolute Gasteiger partial charge is 0.118 e. The summed E-state index contributed by atoms with van der Waals surface area (Å²) in [5, 5.41) is 29.8. The van der Waals surface area contributed by atoms with Crippen LogP contribution in [0.15, 0.2) is 78.9 Å². The zero-order valence-corrected chi connectivity index (χ0v) is 21.5. The summed E-state index contributed by atoms with van der Waals surface area (Å²) < 4.78 is 0. The Hall–Kier alpha value is -3.72. The molecule has 0 amide bonds. The molecular weight excluding hydrogens is 456 g/mol. The number of aromatic hydroxyl groups is 3. The summed E-state index contributed by atoms with van der Waals surface area (Å²) in [5.74, 6) is 3.68. The molecule has 3 N–H and O–H groups in total. The fraction of sp³-hybridized carbons (Fsp3) is 0.294. The summed E-state index contributed by atoms with van der Waals surface area (Å²) in [6.45, 7) is 3.88. The summed E-state index contributed by atoms with van der Waals surface area (Å²) in [6, 6.07) is 26.4. The molecule has 0 aromatic heterocycles. The van der Waals surface area contributed by atoms with E-state index in [0.717, 1.165) is 34.6 Å². The highest BCUT2D eigenvalue weighted by molar-refractivity contribution is 5.76. The van der Waals surface area contributed by atoms with Gasteiger partial charge in [-0.3, -0.25) is 0 Å². The number of phenols is 3. The van der Waals surface area contributed by atoms with Gasteiger partial charge in [0.1, 0.15) is 17.2 Å². The lowest BCUT2D eigenvalue weighted by Crippen LogP contribution is -2.18. The monoisotopic (exact) mass is 490 g/mol. The first-order valence-corrected chi connectivity index (χ1v) is 13.4. The molecule has 2 fully saturated rings. The predicted octanol–water partition coefficient (Wildman–Crippen LogP) is 8.13. The van der Waals surface area contributed by atoms with Crippen molar-refractivity contribution in [2.24, 2.45) is 17.8 Å². The van der Waals surface area contributed by atoms with Gasteiger partial charge in [-0.1, -0.05) is 36.4 Å². The average Bonchev–Trinajstić information content (AvgIpc) is 3.49. The Morgan fingerprint density at radius 1 is 0.595 bits per heavy atom. The van der Waals surface area contributed by atoms with Gasteiger partial charge in [-0.05, 0) is 150 Å². The quantitative estimate of drug-likeness (QED) is 0.265. The topological polar surface area (TPSA) is 60.7 Å². The molecule has 37 heavy (non-hydrogen) atoms. The van der Waals surface area contributed by atoms with Crippen LogP contribution in [0.2, 0.25) is 0 Å². The van der Waals surface area contributed by atoms with E-state index < -0.39 is 0 Å². The standard InChI is InChI=1S/C34H34O3/c1-20-11-23(5-9-33(20)36)26-14-27(24-6-10-34(37)21(2)12-24)17-30(16-26)32-19-28-18-29(32)15-25(28)13-22-3-7-31(35)8-4-22/h3-12,14,16-17,25,28-29,32,35-37H,13,15,18-19H2,1-2H3. The second kappa shape index (κ2) is 9.30. The molecule has 0 heterocycles. The molecule has 0 aliphatic heterocycles. The lowest BCUT2D eigenvalue weighted by molar-refractivity contribution is 0.304. The molecule has 4 unspecified atom stereocenters. The molecule has 2 saturated carbocycles. The van der Waals surface area contributed by atoms with Crippen molar-refractivity contribution in [3.8, 4) is 39.5 Å². The van der Waals surface area contributed by atoms with Crippen LogP contribution in [0.4, 0.5) is 0 Å². The van der Waals surface area contributed by atoms with Crippen LogP contribution in [0.25, 0.3) is 22.3 Å². The van der Waals surface area contributed by atoms with Crippen molar-refractivity contribution in [3.63, 3.8) is 0 Å². The number of hydrogen-bond donors (Lipinski definition) is 3. The molecule has 4 aromatic rings. The molecule has 0 spiro atoms. The maximum atomic E-state index is 10.1. The van der Waals surface area contributed by atoms with E-state index >= 15 is 0 Å². The van der Waals surface area contributed by atoms with E-state index in [0.29, 0.717) is 35.0 Å². The van der Waals surface area contributed by atoms with Crippen molar-refractivity contribution in [1.29, 1.82) is 0 Å². The maximum absolute atomic E-state index is 10.1. The van der Waals surface area contributed by atoms with Gasteiger partial charge < -0.3 is 15.3 Å². The van der Waals surface area contributed by atoms with E-state index in [9.17, 15) is 15.3 Å². The van der Waals surface area contributed by atoms with Crippen molar-refractivity contribution in [2.75, 3.05) is 0 Å². The Morgan fingerprint density at radius 3 is 1.70 bits per heavy atom. The second-order valence-corrected chi connectivity index (χ2v) is 11.3. The van der Waals surface area contributed by atoms with Crippen molar-refractivity contribution >= 4 is 0 Å². The molecule has 4 atom stereocenters. The molecule has 3 heteroatoms. The third-order valence-corrected chi connectivity index (χ3v) is 8.88. The molecule has 0 radical (unpaired) electrons. The Labute approximate surface area is 219 Å². The maximum Gasteiger partial charge on any atom is 0.118 e. The second-order valence-electron chi connectivity index (χ2n) is 11.3. The molecule has 4 aromatic carbocycles. The fourth-order valence-electron chi connectivity index (χ4n) is 6.86. The summed E-state index contributed by atoms with van der Waals surface area (Å²) in [4.78, 5) is 0.